The Morgan fingerprint density at radius 1 is 1.14 bits per heavy atom. The van der Waals surface area contributed by atoms with Crippen LogP contribution in [-0.4, -0.2) is 12.1 Å². The minimum Gasteiger partial charge on any atom is -0.497 e. The van der Waals surface area contributed by atoms with Crippen molar-refractivity contribution in [2.75, 3.05) is 18.2 Å². The maximum atomic E-state index is 6.02. The molecule has 0 aliphatic heterocycles. The summed E-state index contributed by atoms with van der Waals surface area (Å²) in [6, 6.07) is 15.8. The number of methoxy groups -OCH3 is 1. The van der Waals surface area contributed by atoms with Crippen molar-refractivity contribution in [3.8, 4) is 5.75 Å². The van der Waals surface area contributed by atoms with Crippen LogP contribution in [0.3, 0.4) is 0 Å². The van der Waals surface area contributed by atoms with E-state index in [0.717, 1.165) is 27.9 Å². The van der Waals surface area contributed by atoms with E-state index in [-0.39, 0.29) is 0 Å². The van der Waals surface area contributed by atoms with E-state index < -0.39 is 0 Å². The number of nitrogens with zero attached hydrogens (tertiary/aromatic N) is 1. The fourth-order valence-corrected chi connectivity index (χ4v) is 2.33. The molecule has 3 N–H and O–H groups in total. The van der Waals surface area contributed by atoms with Gasteiger partial charge in [0.2, 0.25) is 0 Å². The number of nitrogens with two attached hydrogens (primary N) is 1. The molecule has 0 amide bonds. The largest absolute Gasteiger partial charge is 0.497 e. The highest BCUT2D eigenvalue weighted by Gasteiger charge is 2.04. The molecular formula is C17H17N3O. The van der Waals surface area contributed by atoms with E-state index in [1.807, 2.05) is 36.5 Å². The Bertz CT molecular complexity index is 766. The van der Waals surface area contributed by atoms with Crippen molar-refractivity contribution in [2.45, 2.75) is 6.54 Å². The smallest absolute Gasteiger partial charge is 0.121 e. The number of pyridine rings is 1. The summed E-state index contributed by atoms with van der Waals surface area (Å²) in [4.78, 5) is 4.45. The topological polar surface area (TPSA) is 60.2 Å². The summed E-state index contributed by atoms with van der Waals surface area (Å²) in [5, 5.41) is 4.49. The summed E-state index contributed by atoms with van der Waals surface area (Å²) in [5.74, 6) is 0.755. The van der Waals surface area contributed by atoms with E-state index in [4.69, 9.17) is 10.5 Å². The van der Waals surface area contributed by atoms with Crippen LogP contribution in [0.1, 0.15) is 5.56 Å². The minimum absolute atomic E-state index is 0.669. The Morgan fingerprint density at radius 2 is 2.00 bits per heavy atom. The molecule has 0 bridgehead atoms. The van der Waals surface area contributed by atoms with Gasteiger partial charge >= 0.3 is 0 Å². The van der Waals surface area contributed by atoms with Crippen LogP contribution < -0.4 is 15.8 Å². The number of hydrogen-bond donors (Lipinski definition) is 2. The molecule has 0 aliphatic carbocycles. The minimum atomic E-state index is 0.669. The van der Waals surface area contributed by atoms with Crippen molar-refractivity contribution in [3.63, 3.8) is 0 Å². The Labute approximate surface area is 123 Å². The van der Waals surface area contributed by atoms with Crippen LogP contribution in [0.5, 0.6) is 5.75 Å². The lowest BCUT2D eigenvalue weighted by Gasteiger charge is -2.12. The highest BCUT2D eigenvalue weighted by Crippen LogP contribution is 2.25. The lowest BCUT2D eigenvalue weighted by molar-refractivity contribution is 0.415. The molecule has 106 valence electrons. The van der Waals surface area contributed by atoms with Crippen molar-refractivity contribution >= 4 is 22.3 Å². The first-order chi connectivity index (χ1) is 10.3. The van der Waals surface area contributed by atoms with Gasteiger partial charge < -0.3 is 15.8 Å². The number of nitrogens with one attached hydrogen (secondary N) is 1. The van der Waals surface area contributed by atoms with Gasteiger partial charge in [-0.25, -0.2) is 0 Å². The van der Waals surface area contributed by atoms with Crippen molar-refractivity contribution in [2.24, 2.45) is 0 Å². The van der Waals surface area contributed by atoms with Crippen LogP contribution in [0, 0.1) is 0 Å². The first-order valence-electron chi connectivity index (χ1n) is 6.78. The summed E-state index contributed by atoms with van der Waals surface area (Å²) >= 11 is 0. The third kappa shape index (κ3) is 2.74. The van der Waals surface area contributed by atoms with Crippen LogP contribution in [0.4, 0.5) is 11.4 Å². The van der Waals surface area contributed by atoms with Crippen LogP contribution >= 0.6 is 0 Å². The first kappa shape index (κ1) is 13.2. The molecule has 0 aliphatic rings. The lowest BCUT2D eigenvalue weighted by Crippen LogP contribution is -2.03. The Morgan fingerprint density at radius 3 is 2.81 bits per heavy atom. The fourth-order valence-electron chi connectivity index (χ4n) is 2.33. The highest BCUT2D eigenvalue weighted by molar-refractivity contribution is 5.82. The van der Waals surface area contributed by atoms with Gasteiger partial charge in [-0.3, -0.25) is 4.98 Å². The van der Waals surface area contributed by atoms with Crippen molar-refractivity contribution in [1.29, 1.82) is 0 Å². The monoisotopic (exact) mass is 279 g/mol. The molecule has 4 heteroatoms. The predicted octanol–water partition coefficient (Wildman–Crippen LogP) is 3.44. The summed E-state index contributed by atoms with van der Waals surface area (Å²) in [7, 11) is 1.63. The molecule has 1 aromatic heterocycles. The number of aromatic nitrogens is 1. The molecule has 0 spiro atoms. The first-order valence-corrected chi connectivity index (χ1v) is 6.78. The zero-order chi connectivity index (χ0) is 14.7. The molecule has 0 radical (unpaired) electrons. The van der Waals surface area contributed by atoms with Crippen molar-refractivity contribution < 1.29 is 4.74 Å². The molecule has 0 saturated heterocycles. The highest BCUT2D eigenvalue weighted by atomic mass is 16.5. The predicted molar refractivity (Wildman–Crippen MR) is 86.5 cm³/mol. The van der Waals surface area contributed by atoms with E-state index in [2.05, 4.69) is 28.5 Å². The van der Waals surface area contributed by atoms with Crippen LogP contribution in [-0.2, 0) is 6.54 Å². The Balaban J connectivity index is 1.84. The van der Waals surface area contributed by atoms with Crippen LogP contribution in [0.25, 0.3) is 10.9 Å². The van der Waals surface area contributed by atoms with Crippen LogP contribution in [0.15, 0.2) is 54.7 Å². The Kier molecular flexibility index (Phi) is 3.60. The maximum Gasteiger partial charge on any atom is 0.121 e. The summed E-state index contributed by atoms with van der Waals surface area (Å²) in [6.45, 7) is 0.672. The number of anilines is 2. The molecule has 2 aromatic carbocycles. The van der Waals surface area contributed by atoms with Crippen molar-refractivity contribution in [1.82, 2.24) is 4.98 Å². The van der Waals surface area contributed by atoms with E-state index in [9.17, 15) is 0 Å². The molecule has 0 atom stereocenters. The van der Waals surface area contributed by atoms with Gasteiger partial charge in [-0.2, -0.15) is 0 Å². The lowest BCUT2D eigenvalue weighted by atomic mass is 10.1. The average molecular weight is 279 g/mol. The van der Waals surface area contributed by atoms with E-state index in [1.165, 1.54) is 0 Å². The second-order valence-corrected chi connectivity index (χ2v) is 4.80. The van der Waals surface area contributed by atoms with Gasteiger partial charge in [-0.1, -0.05) is 24.3 Å². The van der Waals surface area contributed by atoms with E-state index >= 15 is 0 Å². The summed E-state index contributed by atoms with van der Waals surface area (Å²) < 4.78 is 5.15. The Hall–Kier alpha value is -2.75. The van der Waals surface area contributed by atoms with E-state index in [0.29, 0.717) is 12.2 Å². The number of para-hydroxylation sites is 1. The van der Waals surface area contributed by atoms with Crippen LogP contribution in [0.2, 0.25) is 0 Å². The van der Waals surface area contributed by atoms with Gasteiger partial charge in [0.25, 0.3) is 0 Å². The molecule has 3 rings (SSSR count). The third-order valence-corrected chi connectivity index (χ3v) is 3.44. The molecule has 1 heterocycles. The maximum absolute atomic E-state index is 6.02. The molecule has 3 aromatic rings. The number of benzene rings is 2. The molecule has 0 unspecified atom stereocenters. The average Bonchev–Trinajstić information content (AvgIpc) is 2.53. The second kappa shape index (κ2) is 5.71. The zero-order valence-electron chi connectivity index (χ0n) is 11.8. The van der Waals surface area contributed by atoms with Gasteiger partial charge in [0, 0.05) is 24.2 Å². The quantitative estimate of drug-likeness (QED) is 0.718. The normalized spacial score (nSPS) is 10.5. The fraction of sp³-hybridized carbons (Fsp3) is 0.118. The van der Waals surface area contributed by atoms with Gasteiger partial charge in [0.05, 0.1) is 24.0 Å². The van der Waals surface area contributed by atoms with Crippen molar-refractivity contribution in [3.05, 3.63) is 60.3 Å². The number of rotatable bonds is 4. The number of fused-ring (bicyclic) bond motifs is 1. The zero-order valence-corrected chi connectivity index (χ0v) is 11.8. The molecule has 4 nitrogen and oxygen atoms in total. The SMILES string of the molecule is COc1ccc(NCc2cccc3cccnc23)c(N)c1. The van der Waals surface area contributed by atoms with E-state index in [1.54, 1.807) is 7.11 Å². The number of ether oxygens (including phenoxy) is 1. The van der Waals surface area contributed by atoms with Gasteiger partial charge in [0.1, 0.15) is 5.75 Å². The number of nitrogen functional groups attached to an aromatic ring is 1. The third-order valence-electron chi connectivity index (χ3n) is 3.44. The number of hydrogen-bond acceptors (Lipinski definition) is 4. The standard InChI is InChI=1S/C17H17N3O/c1-21-14-7-8-16(15(18)10-14)20-11-13-5-2-4-12-6-3-9-19-17(12)13/h2-10,20H,11,18H2,1H3. The van der Waals surface area contributed by atoms with Gasteiger partial charge in [-0.05, 0) is 23.8 Å². The molecule has 0 saturated carbocycles. The van der Waals surface area contributed by atoms with Gasteiger partial charge in [0.15, 0.2) is 0 Å². The molecule has 0 fully saturated rings. The summed E-state index contributed by atoms with van der Waals surface area (Å²) in [5.41, 5.74) is 9.73. The molecular weight excluding hydrogens is 262 g/mol. The molecule has 21 heavy (non-hydrogen) atoms. The van der Waals surface area contributed by atoms with Gasteiger partial charge in [-0.15, -0.1) is 0 Å². The summed E-state index contributed by atoms with van der Waals surface area (Å²) in [6.07, 6.45) is 1.81. The second-order valence-electron chi connectivity index (χ2n) is 4.80.